The SMILES string of the molecule is c1ccc(-c2nc(-c3ccccc3)nc(-c3cccc(-c4c(-c5ccc6c7ccccc7c7ccccc7c6c5)ccc5c4sc4ccccc45)c3)n2)cc1. The summed E-state index contributed by atoms with van der Waals surface area (Å²) < 4.78 is 2.55. The lowest BCUT2D eigenvalue weighted by Gasteiger charge is -2.16. The molecule has 0 amide bonds. The van der Waals surface area contributed by atoms with E-state index in [1.807, 2.05) is 72.0 Å². The van der Waals surface area contributed by atoms with Crippen molar-refractivity contribution in [1.29, 1.82) is 0 Å². The molecule has 2 heterocycles. The van der Waals surface area contributed by atoms with Gasteiger partial charge in [-0.15, -0.1) is 11.3 Å². The molecule has 256 valence electrons. The van der Waals surface area contributed by atoms with E-state index < -0.39 is 0 Å². The van der Waals surface area contributed by atoms with Gasteiger partial charge in [0.2, 0.25) is 0 Å². The maximum Gasteiger partial charge on any atom is 0.164 e. The van der Waals surface area contributed by atoms with E-state index in [-0.39, 0.29) is 0 Å². The van der Waals surface area contributed by atoms with Crippen LogP contribution in [0.2, 0.25) is 0 Å². The molecule has 0 aliphatic rings. The Balaban J connectivity index is 1.15. The molecule has 2 aromatic heterocycles. The molecule has 55 heavy (non-hydrogen) atoms. The summed E-state index contributed by atoms with van der Waals surface area (Å²) in [5.74, 6) is 1.94. The highest BCUT2D eigenvalue weighted by Gasteiger charge is 2.19. The van der Waals surface area contributed by atoms with Crippen molar-refractivity contribution in [2.75, 3.05) is 0 Å². The highest BCUT2D eigenvalue weighted by atomic mass is 32.1. The molecule has 0 bridgehead atoms. The maximum atomic E-state index is 5.08. The molecular weight excluding hydrogens is 687 g/mol. The van der Waals surface area contributed by atoms with E-state index >= 15 is 0 Å². The number of nitrogens with zero attached hydrogens (tertiary/aromatic N) is 3. The molecule has 0 atom stereocenters. The first-order valence-electron chi connectivity index (χ1n) is 18.5. The fourth-order valence-corrected chi connectivity index (χ4v) is 9.41. The van der Waals surface area contributed by atoms with Gasteiger partial charge in [0.05, 0.1) is 0 Å². The van der Waals surface area contributed by atoms with Crippen molar-refractivity contribution in [1.82, 2.24) is 15.0 Å². The smallest absolute Gasteiger partial charge is 0.164 e. The van der Waals surface area contributed by atoms with Crippen molar-refractivity contribution in [3.63, 3.8) is 0 Å². The van der Waals surface area contributed by atoms with E-state index in [0.717, 1.165) is 22.3 Å². The molecule has 0 N–H and O–H groups in total. The first kappa shape index (κ1) is 31.5. The Morgan fingerprint density at radius 3 is 1.40 bits per heavy atom. The minimum Gasteiger partial charge on any atom is -0.208 e. The van der Waals surface area contributed by atoms with Crippen LogP contribution in [0, 0.1) is 0 Å². The molecule has 4 heteroatoms. The number of aromatic nitrogens is 3. The normalized spacial score (nSPS) is 11.6. The Kier molecular flexibility index (Phi) is 7.35. The predicted molar refractivity (Wildman–Crippen MR) is 232 cm³/mol. The van der Waals surface area contributed by atoms with E-state index in [9.17, 15) is 0 Å². The molecule has 9 aromatic carbocycles. The van der Waals surface area contributed by atoms with Crippen LogP contribution in [0.25, 0.3) is 109 Å². The van der Waals surface area contributed by atoms with Crippen molar-refractivity contribution in [2.45, 2.75) is 0 Å². The molecule has 0 saturated carbocycles. The van der Waals surface area contributed by atoms with Crippen LogP contribution in [-0.2, 0) is 0 Å². The minimum atomic E-state index is 0.642. The average molecular weight is 718 g/mol. The number of fused-ring (bicyclic) bond motifs is 9. The van der Waals surface area contributed by atoms with Gasteiger partial charge in [-0.05, 0) is 67.2 Å². The lowest BCUT2D eigenvalue weighted by molar-refractivity contribution is 1.07. The van der Waals surface area contributed by atoms with E-state index in [1.165, 1.54) is 69.2 Å². The van der Waals surface area contributed by atoms with Gasteiger partial charge in [0.1, 0.15) is 0 Å². The van der Waals surface area contributed by atoms with Crippen LogP contribution in [0.4, 0.5) is 0 Å². The molecule has 0 saturated heterocycles. The summed E-state index contributed by atoms with van der Waals surface area (Å²) in [6.45, 7) is 0. The van der Waals surface area contributed by atoms with Crippen molar-refractivity contribution in [3.05, 3.63) is 188 Å². The zero-order valence-electron chi connectivity index (χ0n) is 29.6. The molecule has 0 spiro atoms. The molecular formula is C51H31N3S. The van der Waals surface area contributed by atoms with Crippen LogP contribution in [0.1, 0.15) is 0 Å². The zero-order chi connectivity index (χ0) is 36.3. The van der Waals surface area contributed by atoms with Crippen LogP contribution < -0.4 is 0 Å². The monoisotopic (exact) mass is 717 g/mol. The van der Waals surface area contributed by atoms with E-state index in [2.05, 4.69) is 127 Å². The third-order valence-corrected chi connectivity index (χ3v) is 11.9. The van der Waals surface area contributed by atoms with Crippen molar-refractivity contribution in [3.8, 4) is 56.4 Å². The van der Waals surface area contributed by atoms with E-state index in [1.54, 1.807) is 0 Å². The second kappa shape index (κ2) is 12.8. The first-order chi connectivity index (χ1) is 27.3. The van der Waals surface area contributed by atoms with E-state index in [0.29, 0.717) is 17.5 Å². The van der Waals surface area contributed by atoms with Gasteiger partial charge in [-0.2, -0.15) is 0 Å². The summed E-state index contributed by atoms with van der Waals surface area (Å²) in [6, 6.07) is 67.0. The molecule has 0 aliphatic carbocycles. The number of hydrogen-bond donors (Lipinski definition) is 0. The quantitative estimate of drug-likeness (QED) is 0.166. The second-order valence-corrected chi connectivity index (χ2v) is 15.0. The topological polar surface area (TPSA) is 38.7 Å². The van der Waals surface area contributed by atoms with Gasteiger partial charge in [0.25, 0.3) is 0 Å². The number of benzene rings is 9. The van der Waals surface area contributed by atoms with Crippen LogP contribution in [0.3, 0.4) is 0 Å². The Bertz CT molecular complexity index is 3170. The summed E-state index contributed by atoms with van der Waals surface area (Å²) in [7, 11) is 0. The zero-order valence-corrected chi connectivity index (χ0v) is 30.5. The molecule has 11 rings (SSSR count). The Labute approximate surface area is 321 Å². The third-order valence-electron chi connectivity index (χ3n) is 10.7. The van der Waals surface area contributed by atoms with Crippen molar-refractivity contribution in [2.24, 2.45) is 0 Å². The Morgan fingerprint density at radius 1 is 0.291 bits per heavy atom. The number of rotatable bonds is 5. The molecule has 0 radical (unpaired) electrons. The molecule has 0 fully saturated rings. The summed E-state index contributed by atoms with van der Waals surface area (Å²) in [6.07, 6.45) is 0. The third kappa shape index (κ3) is 5.30. The minimum absolute atomic E-state index is 0.642. The average Bonchev–Trinajstić information content (AvgIpc) is 3.65. The second-order valence-electron chi connectivity index (χ2n) is 13.9. The van der Waals surface area contributed by atoms with Crippen LogP contribution in [-0.4, -0.2) is 15.0 Å². The lowest BCUT2D eigenvalue weighted by Crippen LogP contribution is -2.00. The number of hydrogen-bond acceptors (Lipinski definition) is 4. The summed E-state index contributed by atoms with van der Waals surface area (Å²) in [5, 5.41) is 10.2. The van der Waals surface area contributed by atoms with Crippen LogP contribution in [0.15, 0.2) is 188 Å². The highest BCUT2D eigenvalue weighted by molar-refractivity contribution is 7.26. The summed E-state index contributed by atoms with van der Waals surface area (Å²) in [4.78, 5) is 15.1. The summed E-state index contributed by atoms with van der Waals surface area (Å²) >= 11 is 1.86. The van der Waals surface area contributed by atoms with Gasteiger partial charge in [-0.25, -0.2) is 15.0 Å². The van der Waals surface area contributed by atoms with E-state index in [4.69, 9.17) is 15.0 Å². The largest absolute Gasteiger partial charge is 0.208 e. The Morgan fingerprint density at radius 2 is 0.764 bits per heavy atom. The van der Waals surface area contributed by atoms with Gasteiger partial charge in [-0.1, -0.05) is 170 Å². The fraction of sp³-hybridized carbons (Fsp3) is 0. The van der Waals surface area contributed by atoms with Crippen molar-refractivity contribution < 1.29 is 0 Å². The van der Waals surface area contributed by atoms with Gasteiger partial charge in [-0.3, -0.25) is 0 Å². The van der Waals surface area contributed by atoms with Gasteiger partial charge < -0.3 is 0 Å². The fourth-order valence-electron chi connectivity index (χ4n) is 8.14. The van der Waals surface area contributed by atoms with Gasteiger partial charge in [0.15, 0.2) is 17.5 Å². The molecule has 0 unspecified atom stereocenters. The number of thiophene rings is 1. The van der Waals surface area contributed by atoms with Gasteiger partial charge in [0, 0.05) is 42.4 Å². The molecule has 0 aliphatic heterocycles. The van der Waals surface area contributed by atoms with Gasteiger partial charge >= 0.3 is 0 Å². The molecule has 3 nitrogen and oxygen atoms in total. The maximum absolute atomic E-state index is 5.08. The molecule has 11 aromatic rings. The highest BCUT2D eigenvalue weighted by Crippen LogP contribution is 2.46. The van der Waals surface area contributed by atoms with Crippen molar-refractivity contribution >= 4 is 63.8 Å². The predicted octanol–water partition coefficient (Wildman–Crippen LogP) is 14.0. The first-order valence-corrected chi connectivity index (χ1v) is 19.3. The Hall–Kier alpha value is -7.01. The van der Waals surface area contributed by atoms with Crippen LogP contribution >= 0.6 is 11.3 Å². The summed E-state index contributed by atoms with van der Waals surface area (Å²) in [5.41, 5.74) is 7.56. The standard InChI is InChI=1S/C51H31N3S/c1-3-14-32(15-4-1)49-52-50(33-16-5-2-6-17-33)54-51(53-49)36-19-13-18-35(30-36)47-37(28-29-44-43-24-11-12-25-46(43)55-48(44)47)34-26-27-42-40-22-8-7-20-38(40)39-21-9-10-23-41(39)45(42)31-34/h1-31H. The lowest BCUT2D eigenvalue weighted by atomic mass is 9.89. The van der Waals surface area contributed by atoms with Crippen LogP contribution in [0.5, 0.6) is 0 Å².